The number of rotatable bonds is 4. The summed E-state index contributed by atoms with van der Waals surface area (Å²) in [7, 11) is 0. The molecule has 0 aromatic carbocycles. The molecule has 7 heteroatoms. The van der Waals surface area contributed by atoms with Crippen molar-refractivity contribution in [3.8, 4) is 0 Å². The monoisotopic (exact) mass is 186 g/mol. The molecule has 11 heavy (non-hydrogen) atoms. The van der Waals surface area contributed by atoms with Crippen LogP contribution in [-0.2, 0) is 0 Å². The maximum Gasteiger partial charge on any atom is 1.00 e. The van der Waals surface area contributed by atoms with Gasteiger partial charge in [-0.1, -0.05) is 13.3 Å². The predicted molar refractivity (Wildman–Crippen MR) is 32.1 cm³/mol. The Bertz CT molecular complexity index is 137. The summed E-state index contributed by atoms with van der Waals surface area (Å²) < 4.78 is 0. The first-order valence-corrected chi connectivity index (χ1v) is 2.74. The second-order valence-electron chi connectivity index (χ2n) is 1.68. The van der Waals surface area contributed by atoms with Crippen LogP contribution < -0.4 is 51.4 Å². The molecular formula is C4H7KN2O4. The molecule has 0 rings (SSSR count). The zero-order valence-corrected chi connectivity index (χ0v) is 9.56. The second-order valence-corrected chi connectivity index (χ2v) is 1.68. The van der Waals surface area contributed by atoms with Gasteiger partial charge in [0.2, 0.25) is 0 Å². The first kappa shape index (κ1) is 13.9. The van der Waals surface area contributed by atoms with Crippen LogP contribution in [0.1, 0.15) is 19.8 Å². The molecule has 0 N–H and O–H groups in total. The average molecular weight is 186 g/mol. The van der Waals surface area contributed by atoms with Gasteiger partial charge < -0.3 is 0 Å². The summed E-state index contributed by atoms with van der Waals surface area (Å²) in [6, 6.07) is 0. The van der Waals surface area contributed by atoms with E-state index in [0.717, 1.165) is 0 Å². The third kappa shape index (κ3) is 5.56. The molecule has 0 bridgehead atoms. The van der Waals surface area contributed by atoms with Crippen LogP contribution in [0.5, 0.6) is 0 Å². The largest absolute Gasteiger partial charge is 1.00 e. The molecule has 0 unspecified atom stereocenters. The van der Waals surface area contributed by atoms with Gasteiger partial charge in [0.15, 0.2) is 0 Å². The van der Waals surface area contributed by atoms with Gasteiger partial charge in [0.1, 0.15) is 0 Å². The summed E-state index contributed by atoms with van der Waals surface area (Å²) in [4.78, 5) is 17.8. The number of hydrogen-bond acceptors (Lipinski definition) is 4. The summed E-state index contributed by atoms with van der Waals surface area (Å²) in [6.45, 7) is 1.65. The number of hydrogen-bond donors (Lipinski definition) is 0. The van der Waals surface area contributed by atoms with E-state index in [9.17, 15) is 20.2 Å². The van der Waals surface area contributed by atoms with Crippen molar-refractivity contribution < 1.29 is 61.2 Å². The van der Waals surface area contributed by atoms with Crippen LogP contribution in [-0.4, -0.2) is 9.85 Å². The fourth-order valence-corrected chi connectivity index (χ4v) is 0.473. The van der Waals surface area contributed by atoms with Crippen molar-refractivity contribution in [3.63, 3.8) is 0 Å². The quantitative estimate of drug-likeness (QED) is 0.216. The third-order valence-electron chi connectivity index (χ3n) is 0.895. The van der Waals surface area contributed by atoms with E-state index >= 15 is 0 Å². The van der Waals surface area contributed by atoms with Crippen LogP contribution in [0.4, 0.5) is 0 Å². The molecule has 0 aliphatic rings. The van der Waals surface area contributed by atoms with Crippen LogP contribution >= 0.6 is 0 Å². The van der Waals surface area contributed by atoms with Gasteiger partial charge >= 0.3 is 51.4 Å². The second kappa shape index (κ2) is 6.98. The minimum atomic E-state index is -0.955. The van der Waals surface area contributed by atoms with Crippen LogP contribution in [0.3, 0.4) is 0 Å². The Morgan fingerprint density at radius 2 is 1.64 bits per heavy atom. The molecule has 0 radical (unpaired) electrons. The molecular weight excluding hydrogens is 179 g/mol. The fourth-order valence-electron chi connectivity index (χ4n) is 0.473. The van der Waals surface area contributed by atoms with Gasteiger partial charge in [-0.15, -0.1) is 0 Å². The first-order valence-electron chi connectivity index (χ1n) is 2.74. The Labute approximate surface area is 106 Å². The number of nitro groups is 2. The summed E-state index contributed by atoms with van der Waals surface area (Å²) in [6.07, 6.45) is -0.500. The van der Waals surface area contributed by atoms with Crippen molar-refractivity contribution in [1.29, 1.82) is 0 Å². The molecule has 0 amide bonds. The molecule has 0 aromatic rings. The number of nitrogens with zero attached hydrogens (tertiary/aromatic N) is 2. The Hall–Kier alpha value is 0.306. The standard InChI is InChI=1S/C4H7N2O4.K/c1-2-3-4(5(7)8)6(9)10;/h2-3H2,1H3;/q-1;+1. The van der Waals surface area contributed by atoms with Gasteiger partial charge in [-0.25, -0.2) is 0 Å². The SMILES string of the molecule is CCC[C-]([N+](=O)[O-])[N+](=O)[O-].[K+]. The summed E-state index contributed by atoms with van der Waals surface area (Å²) in [5, 5.41) is 19.7. The van der Waals surface area contributed by atoms with Crippen molar-refractivity contribution in [2.24, 2.45) is 0 Å². The van der Waals surface area contributed by atoms with Crippen LogP contribution in [0.25, 0.3) is 0 Å². The fraction of sp³-hybridized carbons (Fsp3) is 0.750. The van der Waals surface area contributed by atoms with Gasteiger partial charge in [0.25, 0.3) is 6.17 Å². The minimum Gasteiger partial charge on any atom is -0.289 e. The maximum atomic E-state index is 9.86. The third-order valence-corrected chi connectivity index (χ3v) is 0.895. The van der Waals surface area contributed by atoms with E-state index in [4.69, 9.17) is 0 Å². The van der Waals surface area contributed by atoms with Gasteiger partial charge in [-0.3, -0.25) is 20.2 Å². The zero-order chi connectivity index (χ0) is 8.15. The van der Waals surface area contributed by atoms with Crippen molar-refractivity contribution in [2.45, 2.75) is 19.8 Å². The van der Waals surface area contributed by atoms with Crippen LogP contribution in [0, 0.1) is 26.4 Å². The van der Waals surface area contributed by atoms with E-state index in [1.165, 1.54) is 0 Å². The summed E-state index contributed by atoms with van der Waals surface area (Å²) >= 11 is 0. The molecule has 0 spiro atoms. The van der Waals surface area contributed by atoms with Gasteiger partial charge in [0.05, 0.1) is 0 Å². The first-order chi connectivity index (χ1) is 4.59. The van der Waals surface area contributed by atoms with E-state index in [2.05, 4.69) is 0 Å². The van der Waals surface area contributed by atoms with Crippen LogP contribution in [0.2, 0.25) is 0 Å². The van der Waals surface area contributed by atoms with Crippen molar-refractivity contribution in [3.05, 3.63) is 26.4 Å². The maximum absolute atomic E-state index is 9.86. The molecule has 0 aromatic heterocycles. The van der Waals surface area contributed by atoms with Crippen molar-refractivity contribution in [1.82, 2.24) is 0 Å². The molecule has 0 aliphatic carbocycles. The normalized spacial score (nSPS) is 8.09. The molecule has 0 saturated carbocycles. The van der Waals surface area contributed by atoms with E-state index < -0.39 is 16.0 Å². The van der Waals surface area contributed by atoms with Crippen molar-refractivity contribution in [2.75, 3.05) is 0 Å². The zero-order valence-electron chi connectivity index (χ0n) is 6.44. The smallest absolute Gasteiger partial charge is 0.289 e. The van der Waals surface area contributed by atoms with E-state index in [-0.39, 0.29) is 57.8 Å². The Balaban J connectivity index is 0. The molecule has 0 saturated heterocycles. The molecule has 58 valence electrons. The summed E-state index contributed by atoms with van der Waals surface area (Å²) in [5.74, 6) is 0. The average Bonchev–Trinajstić information content (AvgIpc) is 1.81. The molecule has 0 heterocycles. The Morgan fingerprint density at radius 3 is 1.73 bits per heavy atom. The molecule has 0 aliphatic heterocycles. The van der Waals surface area contributed by atoms with Gasteiger partial charge in [-0.05, 0) is 16.3 Å². The predicted octanol–water partition coefficient (Wildman–Crippen LogP) is -2.17. The van der Waals surface area contributed by atoms with E-state index in [1.54, 1.807) is 6.92 Å². The van der Waals surface area contributed by atoms with Gasteiger partial charge in [-0.2, -0.15) is 0 Å². The molecule has 6 nitrogen and oxygen atoms in total. The summed E-state index contributed by atoms with van der Waals surface area (Å²) in [5.41, 5.74) is 0. The Morgan fingerprint density at radius 1 is 1.27 bits per heavy atom. The topological polar surface area (TPSA) is 86.3 Å². The minimum absolute atomic E-state index is 0. The molecule has 0 atom stereocenters. The Kier molecular flexibility index (Phi) is 8.80. The molecule has 0 fully saturated rings. The van der Waals surface area contributed by atoms with Crippen LogP contribution in [0.15, 0.2) is 0 Å². The van der Waals surface area contributed by atoms with E-state index in [1.807, 2.05) is 0 Å². The van der Waals surface area contributed by atoms with Crippen molar-refractivity contribution >= 4 is 0 Å². The van der Waals surface area contributed by atoms with Gasteiger partial charge in [0, 0.05) is 0 Å². The van der Waals surface area contributed by atoms with E-state index in [0.29, 0.717) is 6.42 Å².